The summed E-state index contributed by atoms with van der Waals surface area (Å²) in [6, 6.07) is 0.799. The number of carboxylic acids is 1. The number of fused-ring (bicyclic) bond motifs is 2. The second-order valence-corrected chi connectivity index (χ2v) is 11.7. The van der Waals surface area contributed by atoms with Crippen LogP contribution >= 0.6 is 11.8 Å². The van der Waals surface area contributed by atoms with Crippen LogP contribution in [0.4, 0.5) is 0 Å². The van der Waals surface area contributed by atoms with E-state index < -0.39 is 12.1 Å². The number of thioether (sulfide) groups is 1. The third-order valence-corrected chi connectivity index (χ3v) is 9.84. The van der Waals surface area contributed by atoms with Crippen molar-refractivity contribution in [2.45, 2.75) is 101 Å². The van der Waals surface area contributed by atoms with Crippen LogP contribution in [0, 0.1) is 17.8 Å². The Morgan fingerprint density at radius 3 is 2.74 bits per heavy atom. The summed E-state index contributed by atoms with van der Waals surface area (Å²) in [5, 5.41) is 10.3. The van der Waals surface area contributed by atoms with Crippen molar-refractivity contribution in [2.24, 2.45) is 17.8 Å². The zero-order valence-electron chi connectivity index (χ0n) is 19.4. The van der Waals surface area contributed by atoms with Gasteiger partial charge in [-0.1, -0.05) is 19.3 Å². The second kappa shape index (κ2) is 11.7. The Hall–Kier alpha value is -0.300. The zero-order valence-corrected chi connectivity index (χ0v) is 20.2. The molecule has 0 aromatic rings. The largest absolute Gasteiger partial charge is 0.479 e. The lowest BCUT2D eigenvalue weighted by Gasteiger charge is -2.44. The Kier molecular flexibility index (Phi) is 9.01. The van der Waals surface area contributed by atoms with Gasteiger partial charge in [0, 0.05) is 36.7 Å². The predicted octanol–water partition coefficient (Wildman–Crippen LogP) is 4.83. The molecule has 4 rings (SSSR count). The first-order valence-electron chi connectivity index (χ1n) is 13.0. The van der Waals surface area contributed by atoms with E-state index in [9.17, 15) is 9.90 Å². The van der Waals surface area contributed by atoms with Crippen LogP contribution in [0.2, 0.25) is 0 Å². The number of carbonyl (C=O) groups is 1. The number of carboxylic acid groups (broad SMARTS) is 1. The quantitative estimate of drug-likeness (QED) is 0.540. The molecule has 1 saturated heterocycles. The lowest BCUT2D eigenvalue weighted by atomic mass is 9.66. The molecule has 4 fully saturated rings. The number of aliphatic carboxylic acids is 1. The minimum atomic E-state index is -0.798. The maximum absolute atomic E-state index is 11.4. The lowest BCUT2D eigenvalue weighted by molar-refractivity contribution is -0.151. The van der Waals surface area contributed by atoms with Crippen molar-refractivity contribution in [1.29, 1.82) is 0 Å². The SMILES string of the molecule is CCOC(CC1CCC2CC(OCCN3CCSC4CCCCC43)CCC2C1)C(=O)O. The third-order valence-electron chi connectivity index (χ3n) is 8.44. The first-order chi connectivity index (χ1) is 15.1. The monoisotopic (exact) mass is 453 g/mol. The average molecular weight is 454 g/mol. The van der Waals surface area contributed by atoms with E-state index >= 15 is 0 Å². The Bertz CT molecular complexity index is 574. The summed E-state index contributed by atoms with van der Waals surface area (Å²) in [5.74, 6) is 2.54. The summed E-state index contributed by atoms with van der Waals surface area (Å²) >= 11 is 2.21. The molecule has 6 heteroatoms. The van der Waals surface area contributed by atoms with Crippen LogP contribution in [0.3, 0.4) is 0 Å². The molecule has 0 aromatic carbocycles. The van der Waals surface area contributed by atoms with Gasteiger partial charge in [0.15, 0.2) is 6.10 Å². The standard InChI is InChI=1S/C25H43NO4S/c1-2-29-23(25(27)28)16-18-7-8-20-17-21(10-9-19(20)15-18)30-13-11-26-12-14-31-24-6-4-3-5-22(24)26/h18-24H,2-17H2,1H3,(H,27,28). The van der Waals surface area contributed by atoms with Gasteiger partial charge in [-0.15, -0.1) is 0 Å². The van der Waals surface area contributed by atoms with Gasteiger partial charge in [0.2, 0.25) is 0 Å². The molecule has 5 nitrogen and oxygen atoms in total. The molecule has 4 aliphatic rings. The molecular weight excluding hydrogens is 410 g/mol. The van der Waals surface area contributed by atoms with Gasteiger partial charge in [0.1, 0.15) is 0 Å². The fourth-order valence-electron chi connectivity index (χ4n) is 6.84. The summed E-state index contributed by atoms with van der Waals surface area (Å²) < 4.78 is 11.9. The van der Waals surface area contributed by atoms with Gasteiger partial charge >= 0.3 is 5.97 Å². The van der Waals surface area contributed by atoms with Crippen LogP contribution in [-0.2, 0) is 14.3 Å². The van der Waals surface area contributed by atoms with Crippen molar-refractivity contribution in [3.63, 3.8) is 0 Å². The summed E-state index contributed by atoms with van der Waals surface area (Å²) in [7, 11) is 0. The van der Waals surface area contributed by atoms with Gasteiger partial charge in [-0.3, -0.25) is 4.90 Å². The van der Waals surface area contributed by atoms with Crippen molar-refractivity contribution >= 4 is 17.7 Å². The Morgan fingerprint density at radius 2 is 1.90 bits per heavy atom. The summed E-state index contributed by atoms with van der Waals surface area (Å²) in [5.41, 5.74) is 0. The maximum atomic E-state index is 11.4. The van der Waals surface area contributed by atoms with E-state index in [1.54, 1.807) is 0 Å². The molecule has 3 saturated carbocycles. The molecule has 0 aromatic heterocycles. The average Bonchev–Trinajstić information content (AvgIpc) is 2.79. The first-order valence-corrected chi connectivity index (χ1v) is 14.0. The van der Waals surface area contributed by atoms with Crippen molar-refractivity contribution in [2.75, 3.05) is 32.1 Å². The molecule has 0 radical (unpaired) electrons. The van der Waals surface area contributed by atoms with Crippen LogP contribution in [0.15, 0.2) is 0 Å². The van der Waals surface area contributed by atoms with Gasteiger partial charge in [-0.05, 0) is 76.0 Å². The highest BCUT2D eigenvalue weighted by atomic mass is 32.2. The molecule has 0 bridgehead atoms. The molecule has 1 heterocycles. The molecular formula is C25H43NO4S. The van der Waals surface area contributed by atoms with E-state index in [1.165, 1.54) is 70.1 Å². The van der Waals surface area contributed by atoms with Crippen molar-refractivity contribution in [1.82, 2.24) is 4.90 Å². The normalized spacial score (nSPS) is 37.6. The fourth-order valence-corrected chi connectivity index (χ4v) is 8.35. The van der Waals surface area contributed by atoms with Gasteiger partial charge in [-0.2, -0.15) is 11.8 Å². The fraction of sp³-hybridized carbons (Fsp3) is 0.960. The minimum absolute atomic E-state index is 0.439. The van der Waals surface area contributed by atoms with E-state index in [2.05, 4.69) is 16.7 Å². The molecule has 178 valence electrons. The van der Waals surface area contributed by atoms with E-state index in [4.69, 9.17) is 9.47 Å². The molecule has 7 atom stereocenters. The minimum Gasteiger partial charge on any atom is -0.479 e. The van der Waals surface area contributed by atoms with E-state index in [0.717, 1.165) is 42.7 Å². The Morgan fingerprint density at radius 1 is 1.10 bits per heavy atom. The molecule has 0 amide bonds. The highest BCUT2D eigenvalue weighted by molar-refractivity contribution is 8.00. The predicted molar refractivity (Wildman–Crippen MR) is 126 cm³/mol. The number of hydrogen-bond acceptors (Lipinski definition) is 5. The number of rotatable bonds is 9. The van der Waals surface area contributed by atoms with Gasteiger partial charge in [0.25, 0.3) is 0 Å². The van der Waals surface area contributed by atoms with Gasteiger partial charge in [0.05, 0.1) is 12.7 Å². The summed E-state index contributed by atoms with van der Waals surface area (Å²) in [6.45, 7) is 5.61. The van der Waals surface area contributed by atoms with Gasteiger partial charge < -0.3 is 14.6 Å². The van der Waals surface area contributed by atoms with Crippen LogP contribution in [0.1, 0.15) is 77.6 Å². The van der Waals surface area contributed by atoms with E-state index in [0.29, 0.717) is 25.0 Å². The lowest BCUT2D eigenvalue weighted by Crippen LogP contribution is -2.50. The van der Waals surface area contributed by atoms with Gasteiger partial charge in [-0.25, -0.2) is 4.79 Å². The van der Waals surface area contributed by atoms with Crippen molar-refractivity contribution in [3.05, 3.63) is 0 Å². The van der Waals surface area contributed by atoms with E-state index in [-0.39, 0.29) is 0 Å². The summed E-state index contributed by atoms with van der Waals surface area (Å²) in [6.07, 6.45) is 13.4. The Balaban J connectivity index is 1.17. The second-order valence-electron chi connectivity index (χ2n) is 10.3. The number of hydrogen-bond donors (Lipinski definition) is 1. The third kappa shape index (κ3) is 6.39. The molecule has 1 aliphatic heterocycles. The highest BCUT2D eigenvalue weighted by Gasteiger charge is 2.38. The van der Waals surface area contributed by atoms with Crippen LogP contribution < -0.4 is 0 Å². The Labute approximate surface area is 193 Å². The smallest absolute Gasteiger partial charge is 0.332 e. The molecule has 31 heavy (non-hydrogen) atoms. The molecule has 7 unspecified atom stereocenters. The van der Waals surface area contributed by atoms with Crippen LogP contribution in [0.25, 0.3) is 0 Å². The molecule has 3 aliphatic carbocycles. The highest BCUT2D eigenvalue weighted by Crippen LogP contribution is 2.45. The maximum Gasteiger partial charge on any atom is 0.332 e. The zero-order chi connectivity index (χ0) is 21.6. The van der Waals surface area contributed by atoms with Crippen molar-refractivity contribution in [3.8, 4) is 0 Å². The topological polar surface area (TPSA) is 59.0 Å². The summed E-state index contributed by atoms with van der Waals surface area (Å²) in [4.78, 5) is 14.2. The van der Waals surface area contributed by atoms with E-state index in [1.807, 2.05) is 6.92 Å². The number of nitrogens with zero attached hydrogens (tertiary/aromatic N) is 1. The molecule has 0 spiro atoms. The van der Waals surface area contributed by atoms with Crippen molar-refractivity contribution < 1.29 is 19.4 Å². The first kappa shape index (κ1) is 23.8. The van der Waals surface area contributed by atoms with Crippen LogP contribution in [-0.4, -0.2) is 71.5 Å². The number of ether oxygens (including phenoxy) is 2. The van der Waals surface area contributed by atoms with Crippen LogP contribution in [0.5, 0.6) is 0 Å². The molecule has 1 N–H and O–H groups in total.